The van der Waals surface area contributed by atoms with Crippen LogP contribution < -0.4 is 5.32 Å². The molecule has 2 rings (SSSR count). The maximum absolute atomic E-state index is 14.2. The molecule has 0 aliphatic carbocycles. The number of nitrogens with one attached hydrogen (secondary N) is 1. The van der Waals surface area contributed by atoms with Gasteiger partial charge in [0.15, 0.2) is 23.3 Å². The Morgan fingerprint density at radius 1 is 0.875 bits per heavy atom. The number of unbranched alkanes of at least 4 members (excludes halogenated alkanes) is 2. The molecule has 0 saturated carbocycles. The van der Waals surface area contributed by atoms with Crippen LogP contribution >= 0.6 is 12.4 Å². The fraction of sp³-hybridized carbons (Fsp3) is 0.625. The van der Waals surface area contributed by atoms with E-state index in [0.29, 0.717) is 39.0 Å². The summed E-state index contributed by atoms with van der Waals surface area (Å²) in [5, 5.41) is 3.11. The summed E-state index contributed by atoms with van der Waals surface area (Å²) in [5.41, 5.74) is -0.695. The van der Waals surface area contributed by atoms with Crippen LogP contribution in [0.4, 0.5) is 22.0 Å². The topological polar surface area (TPSA) is 15.3 Å². The third-order valence-electron chi connectivity index (χ3n) is 4.25. The molecule has 0 radical (unpaired) electrons. The second-order valence-electron chi connectivity index (χ2n) is 5.78. The number of nitrogens with zero attached hydrogens (tertiary/aromatic N) is 1. The Labute approximate surface area is 144 Å². The molecule has 1 atom stereocenters. The highest BCUT2D eigenvalue weighted by molar-refractivity contribution is 5.85. The largest absolute Gasteiger partial charge is 0.314 e. The fourth-order valence-electron chi connectivity index (χ4n) is 3.01. The van der Waals surface area contributed by atoms with Crippen molar-refractivity contribution in [1.82, 2.24) is 10.2 Å². The van der Waals surface area contributed by atoms with Gasteiger partial charge in [-0.1, -0.05) is 26.2 Å². The van der Waals surface area contributed by atoms with E-state index < -0.39 is 40.7 Å². The van der Waals surface area contributed by atoms with E-state index >= 15 is 0 Å². The van der Waals surface area contributed by atoms with Crippen LogP contribution in [-0.2, 0) is 0 Å². The van der Waals surface area contributed by atoms with Gasteiger partial charge in [0, 0.05) is 37.8 Å². The van der Waals surface area contributed by atoms with Crippen LogP contribution in [0.15, 0.2) is 0 Å². The summed E-state index contributed by atoms with van der Waals surface area (Å²) in [7, 11) is 0. The number of piperazine rings is 1. The monoisotopic (exact) mass is 372 g/mol. The van der Waals surface area contributed by atoms with Crippen LogP contribution in [0.25, 0.3) is 0 Å². The minimum Gasteiger partial charge on any atom is -0.314 e. The number of hydrogen-bond donors (Lipinski definition) is 1. The van der Waals surface area contributed by atoms with Gasteiger partial charge in [0.25, 0.3) is 0 Å². The standard InChI is InChI=1S/C16H21F5N2.ClH/c1-2-3-4-5-10(23-8-6-22-7-9-23)11-12(17)14(19)16(21)15(20)13(11)18;/h10,22H,2-9H2,1H3;1H/t10-;/m0./s1. The van der Waals surface area contributed by atoms with Gasteiger partial charge >= 0.3 is 0 Å². The maximum atomic E-state index is 14.2. The maximum Gasteiger partial charge on any atom is 0.200 e. The summed E-state index contributed by atoms with van der Waals surface area (Å²) in [6, 6.07) is -0.798. The van der Waals surface area contributed by atoms with Crippen molar-refractivity contribution in [3.8, 4) is 0 Å². The van der Waals surface area contributed by atoms with E-state index in [1.54, 1.807) is 4.90 Å². The van der Waals surface area contributed by atoms with Gasteiger partial charge in [-0.15, -0.1) is 12.4 Å². The summed E-state index contributed by atoms with van der Waals surface area (Å²) in [6.07, 6.45) is 2.79. The van der Waals surface area contributed by atoms with Crippen molar-refractivity contribution in [2.75, 3.05) is 26.2 Å². The number of benzene rings is 1. The number of rotatable bonds is 6. The zero-order valence-corrected chi connectivity index (χ0v) is 14.3. The zero-order valence-electron chi connectivity index (χ0n) is 13.5. The minimum absolute atomic E-state index is 0. The van der Waals surface area contributed by atoms with E-state index in [9.17, 15) is 22.0 Å². The molecule has 1 aromatic carbocycles. The van der Waals surface area contributed by atoms with Crippen LogP contribution in [-0.4, -0.2) is 31.1 Å². The molecule has 1 saturated heterocycles. The lowest BCUT2D eigenvalue weighted by atomic mass is 9.96. The van der Waals surface area contributed by atoms with Crippen molar-refractivity contribution in [2.24, 2.45) is 0 Å². The molecular formula is C16H22ClF5N2. The Balaban J connectivity index is 0.00000288. The Morgan fingerprint density at radius 2 is 1.38 bits per heavy atom. The molecule has 1 aliphatic heterocycles. The van der Waals surface area contributed by atoms with Gasteiger partial charge in [-0.05, 0) is 6.42 Å². The van der Waals surface area contributed by atoms with Crippen molar-refractivity contribution < 1.29 is 22.0 Å². The van der Waals surface area contributed by atoms with Crippen molar-refractivity contribution in [1.29, 1.82) is 0 Å². The van der Waals surface area contributed by atoms with E-state index in [0.717, 1.165) is 12.8 Å². The smallest absolute Gasteiger partial charge is 0.200 e. The van der Waals surface area contributed by atoms with Gasteiger partial charge in [-0.3, -0.25) is 4.90 Å². The highest BCUT2D eigenvalue weighted by atomic mass is 35.5. The normalized spacial score (nSPS) is 16.8. The molecule has 138 valence electrons. The Hall–Kier alpha value is -0.920. The average molecular weight is 373 g/mol. The van der Waals surface area contributed by atoms with Gasteiger partial charge in [-0.2, -0.15) is 0 Å². The summed E-state index contributed by atoms with van der Waals surface area (Å²) < 4.78 is 68.6. The summed E-state index contributed by atoms with van der Waals surface area (Å²) in [5.74, 6) is -9.25. The van der Waals surface area contributed by atoms with E-state index in [2.05, 4.69) is 5.32 Å². The van der Waals surface area contributed by atoms with Gasteiger partial charge in [0.05, 0.1) is 0 Å². The highest BCUT2D eigenvalue weighted by Crippen LogP contribution is 2.34. The Morgan fingerprint density at radius 3 is 1.88 bits per heavy atom. The first-order valence-corrected chi connectivity index (χ1v) is 7.95. The van der Waals surface area contributed by atoms with E-state index in [1.807, 2.05) is 6.92 Å². The van der Waals surface area contributed by atoms with Crippen molar-refractivity contribution in [3.05, 3.63) is 34.6 Å². The van der Waals surface area contributed by atoms with Crippen LogP contribution in [0.3, 0.4) is 0 Å². The molecule has 0 spiro atoms. The molecule has 0 amide bonds. The first-order valence-electron chi connectivity index (χ1n) is 7.95. The SMILES string of the molecule is CCCCC[C@@H](c1c(F)c(F)c(F)c(F)c1F)N1CCNCC1.Cl. The third kappa shape index (κ3) is 4.37. The lowest BCUT2D eigenvalue weighted by molar-refractivity contribution is 0.153. The lowest BCUT2D eigenvalue weighted by Crippen LogP contribution is -2.45. The van der Waals surface area contributed by atoms with Crippen molar-refractivity contribution in [2.45, 2.75) is 38.6 Å². The number of halogens is 6. The minimum atomic E-state index is -2.10. The van der Waals surface area contributed by atoms with Gasteiger partial charge in [0.1, 0.15) is 0 Å². The molecule has 1 N–H and O–H groups in total. The van der Waals surface area contributed by atoms with Crippen molar-refractivity contribution >= 4 is 12.4 Å². The fourth-order valence-corrected chi connectivity index (χ4v) is 3.01. The molecule has 24 heavy (non-hydrogen) atoms. The highest BCUT2D eigenvalue weighted by Gasteiger charge is 2.33. The first kappa shape index (κ1) is 21.1. The van der Waals surface area contributed by atoms with Crippen LogP contribution in [0.1, 0.15) is 44.2 Å². The molecule has 1 aromatic rings. The number of hydrogen-bond acceptors (Lipinski definition) is 2. The van der Waals surface area contributed by atoms with Crippen LogP contribution in [0, 0.1) is 29.1 Å². The zero-order chi connectivity index (χ0) is 17.0. The van der Waals surface area contributed by atoms with Gasteiger partial charge < -0.3 is 5.32 Å². The summed E-state index contributed by atoms with van der Waals surface area (Å²) in [4.78, 5) is 1.80. The van der Waals surface area contributed by atoms with E-state index in [-0.39, 0.29) is 12.4 Å². The van der Waals surface area contributed by atoms with Gasteiger partial charge in [0.2, 0.25) is 5.82 Å². The molecule has 1 aliphatic rings. The predicted molar refractivity (Wildman–Crippen MR) is 84.8 cm³/mol. The Kier molecular flexibility index (Phi) is 8.39. The van der Waals surface area contributed by atoms with E-state index in [4.69, 9.17) is 0 Å². The molecule has 1 fully saturated rings. The summed E-state index contributed by atoms with van der Waals surface area (Å²) in [6.45, 7) is 4.25. The molecule has 0 unspecified atom stereocenters. The second-order valence-corrected chi connectivity index (χ2v) is 5.78. The molecular weight excluding hydrogens is 351 g/mol. The molecule has 0 bridgehead atoms. The molecule has 0 aromatic heterocycles. The van der Waals surface area contributed by atoms with E-state index in [1.165, 1.54) is 0 Å². The lowest BCUT2D eigenvalue weighted by Gasteiger charge is -2.35. The predicted octanol–water partition coefficient (Wildman–Crippen LogP) is 4.33. The quantitative estimate of drug-likeness (QED) is 0.346. The van der Waals surface area contributed by atoms with Crippen LogP contribution in [0.2, 0.25) is 0 Å². The molecule has 2 nitrogen and oxygen atoms in total. The second kappa shape index (κ2) is 9.53. The third-order valence-corrected chi connectivity index (χ3v) is 4.25. The van der Waals surface area contributed by atoms with Crippen molar-refractivity contribution in [3.63, 3.8) is 0 Å². The molecule has 1 heterocycles. The summed E-state index contributed by atoms with van der Waals surface area (Å²) >= 11 is 0. The average Bonchev–Trinajstić information content (AvgIpc) is 2.58. The van der Waals surface area contributed by atoms with Crippen LogP contribution in [0.5, 0.6) is 0 Å². The molecule has 8 heteroatoms. The Bertz CT molecular complexity index is 521. The van der Waals surface area contributed by atoms with Gasteiger partial charge in [-0.25, -0.2) is 22.0 Å². The first-order chi connectivity index (χ1) is 11.0.